The molecule has 0 saturated heterocycles. The van der Waals surface area contributed by atoms with Crippen LogP contribution < -0.4 is 15.9 Å². The van der Waals surface area contributed by atoms with Gasteiger partial charge in [0.15, 0.2) is 7.14 Å². The average molecular weight is 494 g/mol. The minimum absolute atomic E-state index is 0.369. The molecule has 0 amide bonds. The molecule has 0 spiro atoms. The molecule has 0 unspecified atom stereocenters. The highest BCUT2D eigenvalue weighted by Gasteiger charge is 2.31. The maximum atomic E-state index is 15.1. The molecule has 0 aliphatic carbocycles. The van der Waals surface area contributed by atoms with E-state index in [9.17, 15) is 8.78 Å². The molecule has 5 aromatic carbocycles. The summed E-state index contributed by atoms with van der Waals surface area (Å²) in [5, 5.41) is 4.46. The van der Waals surface area contributed by atoms with E-state index in [4.69, 9.17) is 8.83 Å². The zero-order chi connectivity index (χ0) is 24.4. The molecule has 0 bridgehead atoms. The summed E-state index contributed by atoms with van der Waals surface area (Å²) in [5.41, 5.74) is 2.30. The van der Waals surface area contributed by atoms with Crippen LogP contribution in [0, 0.1) is 11.6 Å². The molecule has 2 aromatic heterocycles. The first-order valence-corrected chi connectivity index (χ1v) is 13.1. The molecule has 7 rings (SSSR count). The van der Waals surface area contributed by atoms with Crippen LogP contribution in [0.1, 0.15) is 0 Å². The topological polar surface area (TPSA) is 43.4 Å². The van der Waals surface area contributed by atoms with Crippen LogP contribution in [0.4, 0.5) is 8.78 Å². The predicted molar refractivity (Wildman–Crippen MR) is 140 cm³/mol. The quantitative estimate of drug-likeness (QED) is 0.240. The second-order valence-corrected chi connectivity index (χ2v) is 11.6. The first-order chi connectivity index (χ1) is 17.5. The van der Waals surface area contributed by atoms with Crippen molar-refractivity contribution >= 4 is 66.9 Å². The predicted octanol–water partition coefficient (Wildman–Crippen LogP) is 7.40. The molecule has 174 valence electrons. The summed E-state index contributed by atoms with van der Waals surface area (Å²) in [4.78, 5) is 0. The van der Waals surface area contributed by atoms with Crippen LogP contribution in [0.15, 0.2) is 112 Å². The second kappa shape index (κ2) is 7.64. The minimum Gasteiger partial charge on any atom is -0.456 e. The van der Waals surface area contributed by atoms with Crippen molar-refractivity contribution in [2.75, 3.05) is 0 Å². The Morgan fingerprint density at radius 1 is 0.472 bits per heavy atom. The van der Waals surface area contributed by atoms with Gasteiger partial charge >= 0.3 is 0 Å². The van der Waals surface area contributed by atoms with Crippen molar-refractivity contribution < 1.29 is 22.2 Å². The van der Waals surface area contributed by atoms with Crippen LogP contribution in [0.2, 0.25) is 0 Å². The molecule has 3 nitrogen and oxygen atoms in total. The lowest BCUT2D eigenvalue weighted by molar-refractivity contribution is 0.592. The van der Waals surface area contributed by atoms with Crippen molar-refractivity contribution in [3.8, 4) is 0 Å². The van der Waals surface area contributed by atoms with Crippen molar-refractivity contribution in [2.24, 2.45) is 0 Å². The Bertz CT molecular complexity index is 1880. The van der Waals surface area contributed by atoms with Crippen molar-refractivity contribution in [3.05, 3.63) is 115 Å². The fourth-order valence-corrected chi connectivity index (χ4v) is 7.63. The number of halogens is 2. The highest BCUT2D eigenvalue weighted by atomic mass is 31.2. The first-order valence-electron chi connectivity index (χ1n) is 11.4. The van der Waals surface area contributed by atoms with Gasteiger partial charge in [0.1, 0.15) is 34.0 Å². The number of benzene rings is 5. The SMILES string of the molecule is O=P(c1ccccc1)(c1ccc2oc3ccc(F)cc3c2c1)c1ccc2oc3ccc(F)cc3c2c1. The number of rotatable bonds is 3. The molecule has 0 fully saturated rings. The lowest BCUT2D eigenvalue weighted by Crippen LogP contribution is -2.25. The fraction of sp³-hybridized carbons (Fsp3) is 0. The van der Waals surface area contributed by atoms with E-state index in [1.54, 1.807) is 36.4 Å². The summed E-state index contributed by atoms with van der Waals surface area (Å²) in [5.74, 6) is -0.738. The summed E-state index contributed by atoms with van der Waals surface area (Å²) in [6.45, 7) is 0. The third-order valence-electron chi connectivity index (χ3n) is 6.68. The molecule has 0 N–H and O–H groups in total. The zero-order valence-electron chi connectivity index (χ0n) is 18.7. The molecule has 0 aliphatic heterocycles. The normalized spacial score (nSPS) is 12.3. The van der Waals surface area contributed by atoms with E-state index >= 15 is 4.57 Å². The van der Waals surface area contributed by atoms with E-state index in [1.807, 2.05) is 42.5 Å². The van der Waals surface area contributed by atoms with Crippen LogP contribution in [0.25, 0.3) is 43.9 Å². The smallest absolute Gasteiger partial charge is 0.171 e. The Morgan fingerprint density at radius 3 is 1.36 bits per heavy atom. The fourth-order valence-electron chi connectivity index (χ4n) is 4.95. The molecule has 2 heterocycles. The third-order valence-corrected chi connectivity index (χ3v) is 9.71. The van der Waals surface area contributed by atoms with Gasteiger partial charge in [0.05, 0.1) is 0 Å². The summed E-state index contributed by atoms with van der Waals surface area (Å²) >= 11 is 0. The first kappa shape index (κ1) is 21.1. The number of furan rings is 2. The summed E-state index contributed by atoms with van der Waals surface area (Å²) in [6, 6.07) is 28.8. The standard InChI is InChI=1S/C30H17F2O3P/c31-18-6-10-27-23(14-18)25-16-21(8-12-29(25)34-27)36(33,20-4-2-1-3-5-20)22-9-13-30-26(17-22)24-15-19(32)7-11-28(24)35-30/h1-17H. The molecule has 0 saturated carbocycles. The van der Waals surface area contributed by atoms with Crippen LogP contribution in [0.3, 0.4) is 0 Å². The Kier molecular flexibility index (Phi) is 4.48. The van der Waals surface area contributed by atoms with Crippen LogP contribution in [-0.2, 0) is 4.57 Å². The van der Waals surface area contributed by atoms with Gasteiger partial charge in [-0.2, -0.15) is 0 Å². The van der Waals surface area contributed by atoms with Gasteiger partial charge in [0, 0.05) is 37.5 Å². The molecule has 0 radical (unpaired) electrons. The van der Waals surface area contributed by atoms with Crippen molar-refractivity contribution in [1.29, 1.82) is 0 Å². The average Bonchev–Trinajstić information content (AvgIpc) is 3.45. The van der Waals surface area contributed by atoms with Gasteiger partial charge in [-0.1, -0.05) is 30.3 Å². The highest BCUT2D eigenvalue weighted by molar-refractivity contribution is 7.85. The van der Waals surface area contributed by atoms with Crippen molar-refractivity contribution in [1.82, 2.24) is 0 Å². The van der Waals surface area contributed by atoms with E-state index < -0.39 is 7.14 Å². The molecule has 0 aliphatic rings. The second-order valence-electron chi connectivity index (χ2n) is 8.79. The maximum Gasteiger partial charge on any atom is 0.171 e. The van der Waals surface area contributed by atoms with Crippen LogP contribution in [-0.4, -0.2) is 0 Å². The van der Waals surface area contributed by atoms with Gasteiger partial charge in [-0.15, -0.1) is 0 Å². The highest BCUT2D eigenvalue weighted by Crippen LogP contribution is 2.45. The van der Waals surface area contributed by atoms with Crippen LogP contribution in [0.5, 0.6) is 0 Å². The zero-order valence-corrected chi connectivity index (χ0v) is 19.6. The van der Waals surface area contributed by atoms with Gasteiger partial charge in [0.2, 0.25) is 0 Å². The Hall–Kier alpha value is -4.21. The summed E-state index contributed by atoms with van der Waals surface area (Å²) in [6.07, 6.45) is 0. The molecule has 6 heteroatoms. The van der Waals surface area contributed by atoms with E-state index in [0.717, 1.165) is 0 Å². The molecular weight excluding hydrogens is 477 g/mol. The Labute approximate surface area is 203 Å². The van der Waals surface area contributed by atoms with Gasteiger partial charge in [-0.25, -0.2) is 8.78 Å². The third kappa shape index (κ3) is 3.06. The van der Waals surface area contributed by atoms with Crippen molar-refractivity contribution in [3.63, 3.8) is 0 Å². The summed E-state index contributed by atoms with van der Waals surface area (Å²) in [7, 11) is -3.39. The van der Waals surface area contributed by atoms with E-state index in [-0.39, 0.29) is 11.6 Å². The van der Waals surface area contributed by atoms with Crippen LogP contribution >= 0.6 is 7.14 Å². The van der Waals surface area contributed by atoms with E-state index in [0.29, 0.717) is 59.8 Å². The van der Waals surface area contributed by atoms with E-state index in [1.165, 1.54) is 24.3 Å². The van der Waals surface area contributed by atoms with Gasteiger partial charge in [-0.3, -0.25) is 0 Å². The Balaban J connectivity index is 1.53. The molecule has 7 aromatic rings. The monoisotopic (exact) mass is 494 g/mol. The maximum absolute atomic E-state index is 15.1. The van der Waals surface area contributed by atoms with Gasteiger partial charge in [0.25, 0.3) is 0 Å². The molecule has 0 atom stereocenters. The van der Waals surface area contributed by atoms with Gasteiger partial charge in [-0.05, 0) is 72.8 Å². The Morgan fingerprint density at radius 2 is 0.889 bits per heavy atom. The lowest BCUT2D eigenvalue weighted by Gasteiger charge is -2.20. The summed E-state index contributed by atoms with van der Waals surface area (Å²) < 4.78 is 55.0. The molecular formula is C30H17F2O3P. The number of fused-ring (bicyclic) bond motifs is 6. The van der Waals surface area contributed by atoms with Gasteiger partial charge < -0.3 is 13.4 Å². The number of hydrogen-bond acceptors (Lipinski definition) is 3. The number of hydrogen-bond donors (Lipinski definition) is 0. The minimum atomic E-state index is -3.39. The van der Waals surface area contributed by atoms with Crippen molar-refractivity contribution in [2.45, 2.75) is 0 Å². The largest absolute Gasteiger partial charge is 0.456 e. The lowest BCUT2D eigenvalue weighted by atomic mass is 10.1. The van der Waals surface area contributed by atoms with E-state index in [2.05, 4.69) is 0 Å². The molecule has 36 heavy (non-hydrogen) atoms.